The second kappa shape index (κ2) is 8.84. The minimum Gasteiger partial charge on any atom is -0.493 e. The zero-order valence-corrected chi connectivity index (χ0v) is 15.8. The predicted octanol–water partition coefficient (Wildman–Crippen LogP) is 5.57. The van der Waals surface area contributed by atoms with E-state index in [1.807, 2.05) is 0 Å². The predicted molar refractivity (Wildman–Crippen MR) is 99.4 cm³/mol. The summed E-state index contributed by atoms with van der Waals surface area (Å²) in [6, 6.07) is 6.24. The van der Waals surface area contributed by atoms with E-state index >= 15 is 0 Å². The minimum atomic E-state index is -0.746. The van der Waals surface area contributed by atoms with Crippen LogP contribution in [0.4, 0.5) is 4.39 Å². The van der Waals surface area contributed by atoms with Crippen molar-refractivity contribution in [3.63, 3.8) is 0 Å². The molecule has 0 radical (unpaired) electrons. The first-order valence-corrected chi connectivity index (χ1v) is 9.54. The molecule has 1 N–H and O–H groups in total. The summed E-state index contributed by atoms with van der Waals surface area (Å²) in [5.74, 6) is 0.949. The maximum absolute atomic E-state index is 14.2. The Kier molecular flexibility index (Phi) is 7.09. The number of ether oxygens (including phenoxy) is 1. The highest BCUT2D eigenvalue weighted by atomic mass is 19.1. The number of halogens is 1. The van der Waals surface area contributed by atoms with Crippen LogP contribution in [-0.2, 0) is 6.54 Å². The molecular formula is C21H34FNO. The third kappa shape index (κ3) is 5.20. The Balaban J connectivity index is 1.94. The van der Waals surface area contributed by atoms with Crippen LogP contribution in [0.1, 0.15) is 70.4 Å². The topological polar surface area (TPSA) is 21.3 Å². The van der Waals surface area contributed by atoms with E-state index in [9.17, 15) is 4.39 Å². The highest BCUT2D eigenvalue weighted by Crippen LogP contribution is 2.39. The van der Waals surface area contributed by atoms with Crippen molar-refractivity contribution < 1.29 is 9.13 Å². The minimum absolute atomic E-state index is 0.0191. The summed E-state index contributed by atoms with van der Waals surface area (Å²) in [7, 11) is 0. The average Bonchev–Trinajstić information content (AvgIpc) is 2.80. The zero-order valence-electron chi connectivity index (χ0n) is 15.8. The van der Waals surface area contributed by atoms with Crippen LogP contribution in [0.5, 0.6) is 5.75 Å². The largest absolute Gasteiger partial charge is 0.493 e. The lowest BCUT2D eigenvalue weighted by molar-refractivity contribution is 0.203. The van der Waals surface area contributed by atoms with Crippen LogP contribution < -0.4 is 10.1 Å². The van der Waals surface area contributed by atoms with Gasteiger partial charge in [-0.1, -0.05) is 52.2 Å². The molecule has 0 aromatic heterocycles. The number of benzene rings is 1. The number of hydrogen-bond acceptors (Lipinski definition) is 2. The van der Waals surface area contributed by atoms with Gasteiger partial charge in [-0.15, -0.1) is 0 Å². The van der Waals surface area contributed by atoms with Gasteiger partial charge in [-0.05, 0) is 43.2 Å². The van der Waals surface area contributed by atoms with E-state index in [-0.39, 0.29) is 11.5 Å². The van der Waals surface area contributed by atoms with Gasteiger partial charge in [0.1, 0.15) is 11.9 Å². The maximum Gasteiger partial charge on any atom is 0.124 e. The molecule has 3 heteroatoms. The average molecular weight is 336 g/mol. The standard InChI is InChI=1S/C21H34FNO/c1-5-6-7-8-13-24-19-14-16(2)9-10-17(19)15-23-20-18(22)11-12-21(20,3)4/h9-10,14,18,20,23H,5-8,11-13,15H2,1-4H3. The highest BCUT2D eigenvalue weighted by molar-refractivity contribution is 5.37. The molecule has 2 unspecified atom stereocenters. The number of hydrogen-bond donors (Lipinski definition) is 1. The molecule has 0 saturated heterocycles. The quantitative estimate of drug-likeness (QED) is 0.596. The van der Waals surface area contributed by atoms with Crippen molar-refractivity contribution in [2.75, 3.05) is 6.61 Å². The van der Waals surface area contributed by atoms with Crippen molar-refractivity contribution in [2.45, 2.75) is 85.0 Å². The van der Waals surface area contributed by atoms with Gasteiger partial charge in [0.05, 0.1) is 6.61 Å². The van der Waals surface area contributed by atoms with Crippen LogP contribution >= 0.6 is 0 Å². The summed E-state index contributed by atoms with van der Waals surface area (Å²) >= 11 is 0. The van der Waals surface area contributed by atoms with Crippen LogP contribution in [0.3, 0.4) is 0 Å². The molecule has 0 bridgehead atoms. The Bertz CT molecular complexity index is 515. The Labute approximate surface area is 147 Å². The molecule has 1 saturated carbocycles. The molecule has 0 aliphatic heterocycles. The fraction of sp³-hybridized carbons (Fsp3) is 0.714. The molecule has 0 amide bonds. The fourth-order valence-corrected chi connectivity index (χ4v) is 3.60. The van der Waals surface area contributed by atoms with E-state index in [1.165, 1.54) is 24.8 Å². The lowest BCUT2D eigenvalue weighted by atomic mass is 9.87. The Morgan fingerprint density at radius 1 is 1.25 bits per heavy atom. The molecule has 2 atom stereocenters. The molecule has 1 aliphatic carbocycles. The Hall–Kier alpha value is -1.09. The molecule has 1 aliphatic rings. The third-order valence-corrected chi connectivity index (χ3v) is 5.26. The first kappa shape index (κ1) is 19.2. The van der Waals surface area contributed by atoms with E-state index in [1.54, 1.807) is 0 Å². The van der Waals surface area contributed by atoms with Gasteiger partial charge in [0.25, 0.3) is 0 Å². The molecular weight excluding hydrogens is 301 g/mol. The summed E-state index contributed by atoms with van der Waals surface area (Å²) in [6.07, 6.45) is 5.68. The van der Waals surface area contributed by atoms with E-state index < -0.39 is 6.17 Å². The SMILES string of the molecule is CCCCCCOc1cc(C)ccc1CNC1C(F)CCC1(C)C. The summed E-state index contributed by atoms with van der Waals surface area (Å²) in [4.78, 5) is 0. The number of alkyl halides is 1. The van der Waals surface area contributed by atoms with Gasteiger partial charge in [0.2, 0.25) is 0 Å². The fourth-order valence-electron chi connectivity index (χ4n) is 3.60. The normalized spacial score (nSPS) is 22.7. The summed E-state index contributed by atoms with van der Waals surface area (Å²) in [6.45, 7) is 10.0. The van der Waals surface area contributed by atoms with Crippen LogP contribution in [0.25, 0.3) is 0 Å². The summed E-state index contributed by atoms with van der Waals surface area (Å²) in [5, 5.41) is 3.45. The second-order valence-corrected chi connectivity index (χ2v) is 7.92. The van der Waals surface area contributed by atoms with Gasteiger partial charge in [0, 0.05) is 18.2 Å². The number of aryl methyl sites for hydroxylation is 1. The lowest BCUT2D eigenvalue weighted by Gasteiger charge is -2.29. The molecule has 2 nitrogen and oxygen atoms in total. The van der Waals surface area contributed by atoms with Gasteiger partial charge in [-0.2, -0.15) is 0 Å². The molecule has 0 heterocycles. The maximum atomic E-state index is 14.2. The third-order valence-electron chi connectivity index (χ3n) is 5.26. The molecule has 136 valence electrons. The van der Waals surface area contributed by atoms with Crippen LogP contribution in [-0.4, -0.2) is 18.8 Å². The monoisotopic (exact) mass is 335 g/mol. The number of nitrogens with one attached hydrogen (secondary N) is 1. The van der Waals surface area contributed by atoms with Crippen LogP contribution in [0.15, 0.2) is 18.2 Å². The van der Waals surface area contributed by atoms with Crippen molar-refractivity contribution >= 4 is 0 Å². The van der Waals surface area contributed by atoms with Gasteiger partial charge < -0.3 is 10.1 Å². The van der Waals surface area contributed by atoms with Crippen molar-refractivity contribution in [1.82, 2.24) is 5.32 Å². The Morgan fingerprint density at radius 3 is 2.71 bits per heavy atom. The smallest absolute Gasteiger partial charge is 0.124 e. The second-order valence-electron chi connectivity index (χ2n) is 7.92. The molecule has 1 aromatic rings. The van der Waals surface area contributed by atoms with E-state index in [2.05, 4.69) is 51.2 Å². The summed E-state index contributed by atoms with van der Waals surface area (Å²) < 4.78 is 20.2. The molecule has 1 fully saturated rings. The molecule has 24 heavy (non-hydrogen) atoms. The van der Waals surface area contributed by atoms with Crippen molar-refractivity contribution in [2.24, 2.45) is 5.41 Å². The van der Waals surface area contributed by atoms with E-state index in [0.29, 0.717) is 13.0 Å². The summed E-state index contributed by atoms with van der Waals surface area (Å²) in [5.41, 5.74) is 2.35. The molecule has 2 rings (SSSR count). The number of unbranched alkanes of at least 4 members (excludes halogenated alkanes) is 3. The van der Waals surface area contributed by atoms with E-state index in [4.69, 9.17) is 4.74 Å². The van der Waals surface area contributed by atoms with Crippen LogP contribution in [0, 0.1) is 12.3 Å². The highest BCUT2D eigenvalue weighted by Gasteiger charge is 2.41. The first-order valence-electron chi connectivity index (χ1n) is 9.54. The lowest BCUT2D eigenvalue weighted by Crippen LogP contribution is -2.42. The van der Waals surface area contributed by atoms with Gasteiger partial charge in [-0.3, -0.25) is 0 Å². The molecule has 0 spiro atoms. The first-order chi connectivity index (χ1) is 11.4. The van der Waals surface area contributed by atoms with Crippen LogP contribution in [0.2, 0.25) is 0 Å². The molecule has 1 aromatic carbocycles. The van der Waals surface area contributed by atoms with Gasteiger partial charge in [0.15, 0.2) is 0 Å². The van der Waals surface area contributed by atoms with Gasteiger partial charge in [-0.25, -0.2) is 4.39 Å². The van der Waals surface area contributed by atoms with E-state index in [0.717, 1.165) is 30.8 Å². The van der Waals surface area contributed by atoms with Crippen molar-refractivity contribution in [1.29, 1.82) is 0 Å². The van der Waals surface area contributed by atoms with Crippen molar-refractivity contribution in [3.05, 3.63) is 29.3 Å². The van der Waals surface area contributed by atoms with Crippen molar-refractivity contribution in [3.8, 4) is 5.75 Å². The van der Waals surface area contributed by atoms with Gasteiger partial charge >= 0.3 is 0 Å². The number of rotatable bonds is 9. The zero-order chi connectivity index (χ0) is 17.6. The Morgan fingerprint density at radius 2 is 2.04 bits per heavy atom.